The summed E-state index contributed by atoms with van der Waals surface area (Å²) in [5.74, 6) is 0.179. The lowest BCUT2D eigenvalue weighted by atomic mass is 10.1. The largest absolute Gasteiger partial charge is 0.384 e. The number of carbonyl (C=O) groups excluding carboxylic acids is 1. The average Bonchev–Trinajstić information content (AvgIpc) is 3.24. The molecule has 0 radical (unpaired) electrons. The van der Waals surface area contributed by atoms with Crippen molar-refractivity contribution < 1.29 is 4.79 Å². The fourth-order valence-corrected chi connectivity index (χ4v) is 4.13. The summed E-state index contributed by atoms with van der Waals surface area (Å²) in [4.78, 5) is 14.9. The van der Waals surface area contributed by atoms with Gasteiger partial charge in [0.2, 0.25) is 0 Å². The normalized spacial score (nSPS) is 20.4. The molecule has 4 rings (SSSR count). The van der Waals surface area contributed by atoms with Crippen LogP contribution < -0.4 is 5.32 Å². The maximum atomic E-state index is 12.9. The number of hydrogen-bond acceptors (Lipinski definition) is 3. The number of carbonyl (C=O) groups is 1. The van der Waals surface area contributed by atoms with E-state index in [1.54, 1.807) is 11.3 Å². The molecule has 1 amide bonds. The molecule has 0 aliphatic carbocycles. The van der Waals surface area contributed by atoms with Crippen LogP contribution in [0.25, 0.3) is 0 Å². The number of fused-ring (bicyclic) bond motifs is 1. The van der Waals surface area contributed by atoms with Gasteiger partial charge in [0, 0.05) is 24.3 Å². The monoisotopic (exact) mass is 298 g/mol. The third kappa shape index (κ3) is 2.23. The van der Waals surface area contributed by atoms with E-state index in [2.05, 4.69) is 28.2 Å². The average molecular weight is 298 g/mol. The zero-order chi connectivity index (χ0) is 14.2. The number of amides is 1. The lowest BCUT2D eigenvalue weighted by molar-refractivity contribution is 0.0736. The van der Waals surface area contributed by atoms with Crippen LogP contribution in [0, 0.1) is 0 Å². The minimum atomic E-state index is 0.179. The third-order valence-electron chi connectivity index (χ3n) is 4.50. The maximum absolute atomic E-state index is 12.9. The van der Waals surface area contributed by atoms with Crippen molar-refractivity contribution in [2.24, 2.45) is 0 Å². The lowest BCUT2D eigenvalue weighted by Gasteiger charge is -2.24. The van der Waals surface area contributed by atoms with Gasteiger partial charge in [-0.3, -0.25) is 4.79 Å². The number of hydrogen-bond donors (Lipinski definition) is 1. The fourth-order valence-electron chi connectivity index (χ4n) is 3.42. The Bertz CT molecular complexity index is 665. The van der Waals surface area contributed by atoms with Crippen molar-refractivity contribution in [3.63, 3.8) is 0 Å². The summed E-state index contributed by atoms with van der Waals surface area (Å²) in [5, 5.41) is 7.61. The molecule has 3 nitrogen and oxygen atoms in total. The first-order valence-corrected chi connectivity index (χ1v) is 8.47. The molecule has 0 bridgehead atoms. The summed E-state index contributed by atoms with van der Waals surface area (Å²) in [6, 6.07) is 8.48. The second-order valence-electron chi connectivity index (χ2n) is 5.76. The van der Waals surface area contributed by atoms with Crippen LogP contribution in [0.15, 0.2) is 35.0 Å². The minimum Gasteiger partial charge on any atom is -0.384 e. The number of benzene rings is 1. The molecule has 0 saturated carbocycles. The molecule has 1 fully saturated rings. The highest BCUT2D eigenvalue weighted by molar-refractivity contribution is 7.08. The number of likely N-dealkylation sites (tertiary alicyclic amines) is 1. The van der Waals surface area contributed by atoms with Crippen molar-refractivity contribution in [2.45, 2.75) is 25.3 Å². The van der Waals surface area contributed by atoms with Gasteiger partial charge in [0.05, 0.1) is 6.04 Å². The van der Waals surface area contributed by atoms with Gasteiger partial charge in [0.15, 0.2) is 0 Å². The van der Waals surface area contributed by atoms with Gasteiger partial charge in [-0.15, -0.1) is 0 Å². The molecule has 1 unspecified atom stereocenters. The molecule has 0 spiro atoms. The predicted molar refractivity (Wildman–Crippen MR) is 86.0 cm³/mol. The van der Waals surface area contributed by atoms with E-state index in [9.17, 15) is 4.79 Å². The van der Waals surface area contributed by atoms with Crippen LogP contribution in [0.5, 0.6) is 0 Å². The van der Waals surface area contributed by atoms with Crippen LogP contribution in [0.1, 0.15) is 40.4 Å². The molecule has 2 aliphatic rings. The van der Waals surface area contributed by atoms with Gasteiger partial charge in [-0.2, -0.15) is 11.3 Å². The van der Waals surface area contributed by atoms with Gasteiger partial charge in [0.25, 0.3) is 5.91 Å². The summed E-state index contributed by atoms with van der Waals surface area (Å²) in [6.45, 7) is 1.85. The zero-order valence-corrected chi connectivity index (χ0v) is 12.7. The van der Waals surface area contributed by atoms with Crippen molar-refractivity contribution in [1.29, 1.82) is 0 Å². The molecule has 1 atom stereocenters. The highest BCUT2D eigenvalue weighted by Gasteiger charge is 2.31. The Balaban J connectivity index is 1.62. The third-order valence-corrected chi connectivity index (χ3v) is 5.21. The first kappa shape index (κ1) is 12.9. The molecule has 1 aromatic heterocycles. The second kappa shape index (κ2) is 5.19. The summed E-state index contributed by atoms with van der Waals surface area (Å²) in [7, 11) is 0. The molecule has 21 heavy (non-hydrogen) atoms. The summed E-state index contributed by atoms with van der Waals surface area (Å²) < 4.78 is 0. The Morgan fingerprint density at radius 1 is 1.33 bits per heavy atom. The summed E-state index contributed by atoms with van der Waals surface area (Å²) >= 11 is 1.71. The Kier molecular flexibility index (Phi) is 3.19. The molecular weight excluding hydrogens is 280 g/mol. The number of nitrogens with zero attached hydrogens (tertiary/aromatic N) is 1. The zero-order valence-electron chi connectivity index (χ0n) is 11.8. The number of rotatable bonds is 2. The predicted octanol–water partition coefficient (Wildman–Crippen LogP) is 3.69. The fraction of sp³-hybridized carbons (Fsp3) is 0.353. The van der Waals surface area contributed by atoms with E-state index in [0.29, 0.717) is 0 Å². The highest BCUT2D eigenvalue weighted by atomic mass is 32.1. The van der Waals surface area contributed by atoms with E-state index in [1.807, 2.05) is 17.0 Å². The van der Waals surface area contributed by atoms with E-state index in [4.69, 9.17) is 0 Å². The van der Waals surface area contributed by atoms with Crippen LogP contribution in [0.4, 0.5) is 5.69 Å². The molecule has 1 N–H and O–H groups in total. The van der Waals surface area contributed by atoms with Crippen LogP contribution in [0.3, 0.4) is 0 Å². The van der Waals surface area contributed by atoms with E-state index >= 15 is 0 Å². The van der Waals surface area contributed by atoms with E-state index in [1.165, 1.54) is 16.8 Å². The van der Waals surface area contributed by atoms with Crippen molar-refractivity contribution in [1.82, 2.24) is 4.90 Å². The smallest absolute Gasteiger partial charge is 0.254 e. The van der Waals surface area contributed by atoms with Gasteiger partial charge < -0.3 is 10.2 Å². The number of anilines is 1. The van der Waals surface area contributed by atoms with Gasteiger partial charge in [-0.25, -0.2) is 0 Å². The van der Waals surface area contributed by atoms with Crippen LogP contribution in [-0.2, 0) is 6.42 Å². The molecule has 2 aromatic rings. The van der Waals surface area contributed by atoms with E-state index in [-0.39, 0.29) is 11.9 Å². The first-order chi connectivity index (χ1) is 10.3. The maximum Gasteiger partial charge on any atom is 0.254 e. The molecular formula is C17H18N2OS. The number of nitrogens with one attached hydrogen (secondary N) is 1. The minimum absolute atomic E-state index is 0.179. The first-order valence-electron chi connectivity index (χ1n) is 7.53. The topological polar surface area (TPSA) is 32.3 Å². The quantitative estimate of drug-likeness (QED) is 0.917. The van der Waals surface area contributed by atoms with Crippen molar-refractivity contribution in [3.05, 3.63) is 51.7 Å². The summed E-state index contributed by atoms with van der Waals surface area (Å²) in [5.41, 5.74) is 4.57. The molecule has 1 aromatic carbocycles. The van der Waals surface area contributed by atoms with Crippen LogP contribution in [-0.4, -0.2) is 23.9 Å². The van der Waals surface area contributed by atoms with Crippen LogP contribution >= 0.6 is 11.3 Å². The number of thiophene rings is 1. The Morgan fingerprint density at radius 3 is 3.14 bits per heavy atom. The molecule has 1 saturated heterocycles. The molecule has 3 heterocycles. The molecule has 4 heteroatoms. The standard InChI is InChI=1S/C17H18N2OS/c20-17(13-3-4-15-12(10-13)5-7-18-15)19-8-1-2-16(19)14-6-9-21-11-14/h3-4,6,9-11,16,18H,1-2,5,7-8H2. The molecule has 2 aliphatic heterocycles. The van der Waals surface area contributed by atoms with Crippen molar-refractivity contribution in [3.8, 4) is 0 Å². The summed E-state index contributed by atoms with van der Waals surface area (Å²) in [6.07, 6.45) is 3.19. The van der Waals surface area contributed by atoms with E-state index < -0.39 is 0 Å². The van der Waals surface area contributed by atoms with Crippen molar-refractivity contribution in [2.75, 3.05) is 18.4 Å². The second-order valence-corrected chi connectivity index (χ2v) is 6.54. The Labute approximate surface area is 128 Å². The van der Waals surface area contributed by atoms with Gasteiger partial charge in [-0.05, 0) is 65.4 Å². The molecule has 108 valence electrons. The van der Waals surface area contributed by atoms with Crippen molar-refractivity contribution >= 4 is 22.9 Å². The SMILES string of the molecule is O=C(c1ccc2c(c1)CCN2)N1CCCC1c1ccsc1. The van der Waals surface area contributed by atoms with Crippen LogP contribution in [0.2, 0.25) is 0 Å². The van der Waals surface area contributed by atoms with Gasteiger partial charge >= 0.3 is 0 Å². The van der Waals surface area contributed by atoms with Gasteiger partial charge in [-0.1, -0.05) is 0 Å². The van der Waals surface area contributed by atoms with E-state index in [0.717, 1.165) is 37.9 Å². The highest BCUT2D eigenvalue weighted by Crippen LogP contribution is 2.34. The lowest BCUT2D eigenvalue weighted by Crippen LogP contribution is -2.30. The Morgan fingerprint density at radius 2 is 2.29 bits per heavy atom. The van der Waals surface area contributed by atoms with Gasteiger partial charge in [0.1, 0.15) is 0 Å². The Hall–Kier alpha value is -1.81.